The molecule has 0 heterocycles. The molecule has 1 rings (SSSR count). The molecule has 18 heavy (non-hydrogen) atoms. The molecule has 2 N–H and O–H groups in total. The molecule has 102 valence electrons. The largest absolute Gasteiger partial charge is 0.384 e. The average Bonchev–Trinajstić information content (AvgIpc) is 2.39. The van der Waals surface area contributed by atoms with E-state index in [0.717, 1.165) is 38.2 Å². The Hall–Kier alpha value is -0.900. The molecule has 0 fully saturated rings. The summed E-state index contributed by atoms with van der Waals surface area (Å²) in [7, 11) is 0. The van der Waals surface area contributed by atoms with Crippen molar-refractivity contribution in [2.24, 2.45) is 0 Å². The quantitative estimate of drug-likeness (QED) is 0.662. The Balaban J connectivity index is 2.18. The number of nitrogens with one attached hydrogen (secondary N) is 1. The van der Waals surface area contributed by atoms with E-state index in [-0.39, 0.29) is 0 Å². The first-order valence-corrected chi connectivity index (χ1v) is 6.73. The van der Waals surface area contributed by atoms with Crippen molar-refractivity contribution in [1.29, 1.82) is 0 Å². The van der Waals surface area contributed by atoms with Crippen LogP contribution in [0.4, 0.5) is 0 Å². The van der Waals surface area contributed by atoms with Crippen molar-refractivity contribution in [3.05, 3.63) is 35.9 Å². The maximum Gasteiger partial charge on any atom is 0.0992 e. The molecular formula is C15H25NO2. The van der Waals surface area contributed by atoms with E-state index in [4.69, 9.17) is 4.74 Å². The van der Waals surface area contributed by atoms with Crippen molar-refractivity contribution >= 4 is 0 Å². The molecule has 1 unspecified atom stereocenters. The summed E-state index contributed by atoms with van der Waals surface area (Å²) in [5, 5.41) is 13.6. The van der Waals surface area contributed by atoms with Gasteiger partial charge in [0.25, 0.3) is 0 Å². The zero-order chi connectivity index (χ0) is 13.3. The molecule has 1 aromatic carbocycles. The van der Waals surface area contributed by atoms with E-state index in [1.54, 1.807) is 0 Å². The van der Waals surface area contributed by atoms with Crippen molar-refractivity contribution in [3.63, 3.8) is 0 Å². The fourth-order valence-corrected chi connectivity index (χ4v) is 1.78. The van der Waals surface area contributed by atoms with Crippen molar-refractivity contribution in [1.82, 2.24) is 5.32 Å². The molecule has 0 aromatic heterocycles. The van der Waals surface area contributed by atoms with Crippen LogP contribution in [0, 0.1) is 0 Å². The maximum absolute atomic E-state index is 10.3. The van der Waals surface area contributed by atoms with Gasteiger partial charge in [-0.05, 0) is 31.9 Å². The highest BCUT2D eigenvalue weighted by molar-refractivity contribution is 5.21. The molecule has 0 aliphatic rings. The van der Waals surface area contributed by atoms with Crippen LogP contribution in [0.25, 0.3) is 0 Å². The fourth-order valence-electron chi connectivity index (χ4n) is 1.78. The summed E-state index contributed by atoms with van der Waals surface area (Å²) in [6.45, 7) is 6.99. The zero-order valence-electron chi connectivity index (χ0n) is 11.5. The minimum atomic E-state index is -0.814. The number of hydrogen-bond acceptors (Lipinski definition) is 3. The van der Waals surface area contributed by atoms with Gasteiger partial charge >= 0.3 is 0 Å². The lowest BCUT2D eigenvalue weighted by atomic mass is 9.96. The summed E-state index contributed by atoms with van der Waals surface area (Å²) in [6.07, 6.45) is 2.04. The summed E-state index contributed by atoms with van der Waals surface area (Å²) in [6, 6.07) is 9.75. The van der Waals surface area contributed by atoms with Gasteiger partial charge in [0.05, 0.1) is 5.60 Å². The van der Waals surface area contributed by atoms with E-state index in [9.17, 15) is 5.11 Å². The monoisotopic (exact) mass is 251 g/mol. The van der Waals surface area contributed by atoms with E-state index < -0.39 is 5.60 Å². The van der Waals surface area contributed by atoms with E-state index in [2.05, 4.69) is 12.2 Å². The summed E-state index contributed by atoms with van der Waals surface area (Å²) in [5.41, 5.74) is 0.130. The van der Waals surface area contributed by atoms with Gasteiger partial charge in [-0.3, -0.25) is 0 Å². The van der Waals surface area contributed by atoms with Crippen LogP contribution < -0.4 is 5.32 Å². The van der Waals surface area contributed by atoms with Crippen LogP contribution in [0.2, 0.25) is 0 Å². The smallest absolute Gasteiger partial charge is 0.0992 e. The van der Waals surface area contributed by atoms with Gasteiger partial charge in [-0.15, -0.1) is 0 Å². The first-order valence-electron chi connectivity index (χ1n) is 6.73. The van der Waals surface area contributed by atoms with Gasteiger partial charge in [0.1, 0.15) is 0 Å². The molecule has 3 heteroatoms. The third-order valence-corrected chi connectivity index (χ3v) is 2.86. The van der Waals surface area contributed by atoms with Crippen molar-refractivity contribution in [3.8, 4) is 0 Å². The van der Waals surface area contributed by atoms with Gasteiger partial charge in [-0.1, -0.05) is 37.3 Å². The minimum absolute atomic E-state index is 0.560. The Bertz CT molecular complexity index is 312. The number of aliphatic hydroxyl groups is 1. The summed E-state index contributed by atoms with van der Waals surface area (Å²) in [4.78, 5) is 0. The highest BCUT2D eigenvalue weighted by atomic mass is 16.5. The average molecular weight is 251 g/mol. The summed E-state index contributed by atoms with van der Waals surface area (Å²) >= 11 is 0. The lowest BCUT2D eigenvalue weighted by Gasteiger charge is -2.24. The third-order valence-electron chi connectivity index (χ3n) is 2.86. The Kier molecular flexibility index (Phi) is 6.94. The molecule has 0 bridgehead atoms. The number of ether oxygens (including phenoxy) is 1. The van der Waals surface area contributed by atoms with Gasteiger partial charge in [0.2, 0.25) is 0 Å². The molecular weight excluding hydrogens is 226 g/mol. The highest BCUT2D eigenvalue weighted by Gasteiger charge is 2.21. The molecule has 0 saturated heterocycles. The maximum atomic E-state index is 10.3. The van der Waals surface area contributed by atoms with E-state index in [0.29, 0.717) is 6.54 Å². The van der Waals surface area contributed by atoms with Crippen molar-refractivity contribution in [2.75, 3.05) is 26.3 Å². The van der Waals surface area contributed by atoms with Crippen LogP contribution in [-0.4, -0.2) is 31.4 Å². The second-order valence-electron chi connectivity index (χ2n) is 4.78. The van der Waals surface area contributed by atoms with E-state index in [1.165, 1.54) is 0 Å². The molecule has 0 saturated carbocycles. The molecule has 3 nitrogen and oxygen atoms in total. The molecule has 0 radical (unpaired) electrons. The van der Waals surface area contributed by atoms with Crippen LogP contribution in [-0.2, 0) is 10.3 Å². The standard InChI is InChI=1S/C15H25NO2/c1-3-11-18-12-7-10-16-13-15(2,17)14-8-5-4-6-9-14/h4-6,8-9,16-17H,3,7,10-13H2,1-2H3. The van der Waals surface area contributed by atoms with Crippen LogP contribution >= 0.6 is 0 Å². The zero-order valence-corrected chi connectivity index (χ0v) is 11.5. The Morgan fingerprint density at radius 1 is 1.22 bits per heavy atom. The molecule has 0 spiro atoms. The second kappa shape index (κ2) is 8.25. The van der Waals surface area contributed by atoms with Gasteiger partial charge < -0.3 is 15.2 Å². The molecule has 0 aliphatic carbocycles. The highest BCUT2D eigenvalue weighted by Crippen LogP contribution is 2.18. The number of rotatable bonds is 9. The topological polar surface area (TPSA) is 41.5 Å². The van der Waals surface area contributed by atoms with E-state index >= 15 is 0 Å². The first-order chi connectivity index (χ1) is 8.67. The predicted molar refractivity (Wildman–Crippen MR) is 74.6 cm³/mol. The van der Waals surface area contributed by atoms with Crippen LogP contribution in [0.3, 0.4) is 0 Å². The van der Waals surface area contributed by atoms with Gasteiger partial charge in [0.15, 0.2) is 0 Å². The van der Waals surface area contributed by atoms with Gasteiger partial charge in [0, 0.05) is 19.8 Å². The SMILES string of the molecule is CCCOCCCNCC(C)(O)c1ccccc1. The normalized spacial score (nSPS) is 14.4. The summed E-state index contributed by atoms with van der Waals surface area (Å²) < 4.78 is 5.40. The Morgan fingerprint density at radius 3 is 2.61 bits per heavy atom. The van der Waals surface area contributed by atoms with Crippen LogP contribution in [0.15, 0.2) is 30.3 Å². The van der Waals surface area contributed by atoms with Gasteiger partial charge in [-0.25, -0.2) is 0 Å². The molecule has 0 aliphatic heterocycles. The van der Waals surface area contributed by atoms with Crippen molar-refractivity contribution in [2.45, 2.75) is 32.3 Å². The fraction of sp³-hybridized carbons (Fsp3) is 0.600. The summed E-state index contributed by atoms with van der Waals surface area (Å²) in [5.74, 6) is 0. The lowest BCUT2D eigenvalue weighted by Crippen LogP contribution is -2.36. The van der Waals surface area contributed by atoms with E-state index in [1.807, 2.05) is 37.3 Å². The minimum Gasteiger partial charge on any atom is -0.384 e. The molecule has 1 atom stereocenters. The first kappa shape index (κ1) is 15.2. The predicted octanol–water partition coefficient (Wildman–Crippen LogP) is 2.30. The number of hydrogen-bond donors (Lipinski definition) is 2. The van der Waals surface area contributed by atoms with Crippen molar-refractivity contribution < 1.29 is 9.84 Å². The second-order valence-corrected chi connectivity index (χ2v) is 4.78. The molecule has 0 amide bonds. The Morgan fingerprint density at radius 2 is 1.94 bits per heavy atom. The number of benzene rings is 1. The molecule has 1 aromatic rings. The van der Waals surface area contributed by atoms with Crippen LogP contribution in [0.1, 0.15) is 32.3 Å². The van der Waals surface area contributed by atoms with Crippen LogP contribution in [0.5, 0.6) is 0 Å². The third kappa shape index (κ3) is 5.63. The lowest BCUT2D eigenvalue weighted by molar-refractivity contribution is 0.0559. The Labute approximate surface area is 110 Å². The van der Waals surface area contributed by atoms with Gasteiger partial charge in [-0.2, -0.15) is 0 Å².